The average Bonchev–Trinajstić information content (AvgIpc) is 2.65. The predicted molar refractivity (Wildman–Crippen MR) is 84.5 cm³/mol. The molecule has 19 heavy (non-hydrogen) atoms. The quantitative estimate of drug-likeness (QED) is 0.373. The number of hydrogen-bond acceptors (Lipinski definition) is 1. The molecule has 0 aromatic rings. The molecule has 1 heteroatoms. The first-order valence-corrected chi connectivity index (χ1v) is 8.66. The van der Waals surface area contributed by atoms with Crippen molar-refractivity contribution >= 4 is 0 Å². The van der Waals surface area contributed by atoms with Gasteiger partial charge in [0.25, 0.3) is 0 Å². The third kappa shape index (κ3) is 7.77. The van der Waals surface area contributed by atoms with Crippen molar-refractivity contribution in [3.8, 4) is 0 Å². The zero-order valence-corrected chi connectivity index (χ0v) is 13.2. The molecule has 1 fully saturated rings. The van der Waals surface area contributed by atoms with Gasteiger partial charge in [-0.05, 0) is 25.7 Å². The molecule has 0 saturated carbocycles. The van der Waals surface area contributed by atoms with Crippen LogP contribution in [0.15, 0.2) is 12.2 Å². The van der Waals surface area contributed by atoms with E-state index in [1.165, 1.54) is 70.6 Å². The molecule has 0 radical (unpaired) electrons. The van der Waals surface area contributed by atoms with E-state index in [2.05, 4.69) is 26.0 Å². The van der Waals surface area contributed by atoms with Crippen molar-refractivity contribution in [2.45, 2.75) is 90.6 Å². The lowest BCUT2D eigenvalue weighted by molar-refractivity contribution is 0.0305. The molecule has 1 rings (SSSR count). The van der Waals surface area contributed by atoms with E-state index in [4.69, 9.17) is 4.74 Å². The molecule has 1 nitrogen and oxygen atoms in total. The SMILES string of the molecule is CCCC/C=C/[C@@H]1CCCCO[C@H]1CCCCCC. The van der Waals surface area contributed by atoms with E-state index in [1.807, 2.05) is 0 Å². The van der Waals surface area contributed by atoms with E-state index in [1.54, 1.807) is 0 Å². The van der Waals surface area contributed by atoms with Gasteiger partial charge in [-0.15, -0.1) is 0 Å². The van der Waals surface area contributed by atoms with Gasteiger partial charge in [-0.2, -0.15) is 0 Å². The molecule has 2 atom stereocenters. The van der Waals surface area contributed by atoms with Crippen LogP contribution in [0.1, 0.15) is 84.5 Å². The number of hydrogen-bond donors (Lipinski definition) is 0. The molecule has 0 aromatic heterocycles. The number of rotatable bonds is 9. The zero-order valence-electron chi connectivity index (χ0n) is 13.2. The highest BCUT2D eigenvalue weighted by Gasteiger charge is 2.21. The Labute approximate surface area is 120 Å². The van der Waals surface area contributed by atoms with E-state index in [9.17, 15) is 0 Å². The van der Waals surface area contributed by atoms with Gasteiger partial charge in [0, 0.05) is 12.5 Å². The summed E-state index contributed by atoms with van der Waals surface area (Å²) in [6.45, 7) is 5.53. The fourth-order valence-corrected chi connectivity index (χ4v) is 2.91. The van der Waals surface area contributed by atoms with Crippen LogP contribution < -0.4 is 0 Å². The van der Waals surface area contributed by atoms with Gasteiger partial charge in [0.2, 0.25) is 0 Å². The minimum absolute atomic E-state index is 0.497. The molecule has 0 amide bonds. The lowest BCUT2D eigenvalue weighted by Gasteiger charge is -2.22. The van der Waals surface area contributed by atoms with Crippen LogP contribution >= 0.6 is 0 Å². The molecule has 1 aliphatic heterocycles. The Hall–Kier alpha value is -0.300. The van der Waals surface area contributed by atoms with Crippen molar-refractivity contribution in [3.63, 3.8) is 0 Å². The second-order valence-corrected chi connectivity index (χ2v) is 5.99. The highest BCUT2D eigenvalue weighted by Crippen LogP contribution is 2.26. The lowest BCUT2D eigenvalue weighted by Crippen LogP contribution is -2.21. The van der Waals surface area contributed by atoms with Gasteiger partial charge in [0.15, 0.2) is 0 Å². The average molecular weight is 266 g/mol. The van der Waals surface area contributed by atoms with Crippen LogP contribution in [0.25, 0.3) is 0 Å². The van der Waals surface area contributed by atoms with Gasteiger partial charge in [-0.3, -0.25) is 0 Å². The van der Waals surface area contributed by atoms with Gasteiger partial charge in [-0.1, -0.05) is 70.9 Å². The molecule has 0 bridgehead atoms. The fraction of sp³-hybridized carbons (Fsp3) is 0.889. The van der Waals surface area contributed by atoms with Crippen LogP contribution in [0.4, 0.5) is 0 Å². The second kappa shape index (κ2) is 11.5. The summed E-state index contributed by atoms with van der Waals surface area (Å²) < 4.78 is 6.10. The van der Waals surface area contributed by atoms with Gasteiger partial charge in [-0.25, -0.2) is 0 Å². The van der Waals surface area contributed by atoms with Crippen LogP contribution in [0, 0.1) is 5.92 Å². The smallest absolute Gasteiger partial charge is 0.0637 e. The van der Waals surface area contributed by atoms with Crippen LogP contribution in [0.3, 0.4) is 0 Å². The van der Waals surface area contributed by atoms with Crippen molar-refractivity contribution in [2.24, 2.45) is 5.92 Å². The van der Waals surface area contributed by atoms with Gasteiger partial charge in [0.05, 0.1) is 6.10 Å². The summed E-state index contributed by atoms with van der Waals surface area (Å²) in [6, 6.07) is 0. The minimum atomic E-state index is 0.497. The molecular weight excluding hydrogens is 232 g/mol. The molecular formula is C18H34O. The van der Waals surface area contributed by atoms with Gasteiger partial charge in [0.1, 0.15) is 0 Å². The Kier molecular flexibility index (Phi) is 10.2. The third-order valence-electron chi connectivity index (χ3n) is 4.19. The first-order valence-electron chi connectivity index (χ1n) is 8.66. The molecule has 0 spiro atoms. The Morgan fingerprint density at radius 3 is 2.63 bits per heavy atom. The summed E-state index contributed by atoms with van der Waals surface area (Å²) in [7, 11) is 0. The largest absolute Gasteiger partial charge is 0.378 e. The maximum absolute atomic E-state index is 6.10. The van der Waals surface area contributed by atoms with E-state index >= 15 is 0 Å². The summed E-state index contributed by atoms with van der Waals surface area (Å²) in [5.41, 5.74) is 0. The van der Waals surface area contributed by atoms with E-state index in [0.717, 1.165) is 6.61 Å². The van der Waals surface area contributed by atoms with Crippen molar-refractivity contribution < 1.29 is 4.74 Å². The molecule has 0 unspecified atom stereocenters. The van der Waals surface area contributed by atoms with Gasteiger partial charge >= 0.3 is 0 Å². The minimum Gasteiger partial charge on any atom is -0.378 e. The second-order valence-electron chi connectivity index (χ2n) is 5.99. The first kappa shape index (κ1) is 16.8. The standard InChI is InChI=1S/C18H34O/c1-3-5-7-9-13-17-14-11-12-16-19-18(17)15-10-8-6-4-2/h9,13,17-18H,3-8,10-12,14-16H2,1-2H3/b13-9+/t17-,18+/m1/s1. The van der Waals surface area contributed by atoms with Crippen molar-refractivity contribution in [1.82, 2.24) is 0 Å². The van der Waals surface area contributed by atoms with E-state index in [-0.39, 0.29) is 0 Å². The summed E-state index contributed by atoms with van der Waals surface area (Å²) >= 11 is 0. The molecule has 0 aliphatic carbocycles. The van der Waals surface area contributed by atoms with Crippen molar-refractivity contribution in [2.75, 3.05) is 6.61 Å². The van der Waals surface area contributed by atoms with Crippen LogP contribution in [-0.4, -0.2) is 12.7 Å². The normalized spacial score (nSPS) is 24.7. The highest BCUT2D eigenvalue weighted by atomic mass is 16.5. The maximum Gasteiger partial charge on any atom is 0.0637 e. The number of ether oxygens (including phenoxy) is 1. The molecule has 1 aliphatic rings. The Morgan fingerprint density at radius 1 is 1.00 bits per heavy atom. The predicted octanol–water partition coefficient (Wildman–Crippen LogP) is 5.89. The number of unbranched alkanes of at least 4 members (excludes halogenated alkanes) is 5. The van der Waals surface area contributed by atoms with Crippen molar-refractivity contribution in [3.05, 3.63) is 12.2 Å². The maximum atomic E-state index is 6.10. The van der Waals surface area contributed by atoms with E-state index < -0.39 is 0 Å². The van der Waals surface area contributed by atoms with Crippen LogP contribution in [-0.2, 0) is 4.74 Å². The monoisotopic (exact) mass is 266 g/mol. The van der Waals surface area contributed by atoms with Crippen LogP contribution in [0.5, 0.6) is 0 Å². The molecule has 112 valence electrons. The van der Waals surface area contributed by atoms with Gasteiger partial charge < -0.3 is 4.74 Å². The highest BCUT2D eigenvalue weighted by molar-refractivity contribution is 4.93. The third-order valence-corrected chi connectivity index (χ3v) is 4.19. The molecule has 1 saturated heterocycles. The topological polar surface area (TPSA) is 9.23 Å². The summed E-state index contributed by atoms with van der Waals surface area (Å²) in [5.74, 6) is 0.681. The zero-order chi connectivity index (χ0) is 13.8. The van der Waals surface area contributed by atoms with Crippen molar-refractivity contribution in [1.29, 1.82) is 0 Å². The fourth-order valence-electron chi connectivity index (χ4n) is 2.91. The lowest BCUT2D eigenvalue weighted by atomic mass is 9.92. The van der Waals surface area contributed by atoms with E-state index in [0.29, 0.717) is 12.0 Å². The number of allylic oxidation sites excluding steroid dienone is 1. The Balaban J connectivity index is 2.34. The summed E-state index contributed by atoms with van der Waals surface area (Å²) in [5, 5.41) is 0. The van der Waals surface area contributed by atoms with Crippen LogP contribution in [0.2, 0.25) is 0 Å². The Morgan fingerprint density at radius 2 is 1.84 bits per heavy atom. The molecule has 0 aromatic carbocycles. The molecule has 1 heterocycles. The first-order chi connectivity index (χ1) is 9.38. The Bertz CT molecular complexity index is 222. The summed E-state index contributed by atoms with van der Waals surface area (Å²) in [6.07, 6.45) is 19.9. The molecule has 0 N–H and O–H groups in total. The summed E-state index contributed by atoms with van der Waals surface area (Å²) in [4.78, 5) is 0.